The highest BCUT2D eigenvalue weighted by Crippen LogP contribution is 2.10. The van der Waals surface area contributed by atoms with Gasteiger partial charge in [0.1, 0.15) is 0 Å². The van der Waals surface area contributed by atoms with Crippen molar-refractivity contribution in [3.05, 3.63) is 0 Å². The van der Waals surface area contributed by atoms with Crippen molar-refractivity contribution in [1.29, 1.82) is 0 Å². The van der Waals surface area contributed by atoms with E-state index in [-0.39, 0.29) is 0 Å². The largest absolute Gasteiger partial charge is 0.304 e. The first-order valence-electron chi connectivity index (χ1n) is 6.02. The third kappa shape index (κ3) is 4.49. The molecule has 0 radical (unpaired) electrons. The molecule has 0 bridgehead atoms. The molecule has 1 aliphatic rings. The lowest BCUT2D eigenvalue weighted by Gasteiger charge is -2.36. The minimum absolute atomic E-state index is 0.298. The molecule has 3 heteroatoms. The van der Waals surface area contributed by atoms with E-state index in [2.05, 4.69) is 49.6 Å². The second kappa shape index (κ2) is 5.28. The highest BCUT2D eigenvalue weighted by Gasteiger charge is 2.19. The molecule has 0 aromatic rings. The van der Waals surface area contributed by atoms with Crippen LogP contribution in [0.4, 0.5) is 0 Å². The second-order valence-corrected chi connectivity index (χ2v) is 5.74. The highest BCUT2D eigenvalue weighted by atomic mass is 15.3. The first kappa shape index (κ1) is 12.9. The summed E-state index contributed by atoms with van der Waals surface area (Å²) >= 11 is 0. The van der Waals surface area contributed by atoms with Crippen molar-refractivity contribution in [2.45, 2.75) is 26.3 Å². The maximum Gasteiger partial charge on any atom is 0.0122 e. The molecule has 1 saturated heterocycles. The van der Waals surface area contributed by atoms with E-state index in [0.29, 0.717) is 5.54 Å². The van der Waals surface area contributed by atoms with E-state index in [4.69, 9.17) is 0 Å². The Hall–Kier alpha value is -0.120. The van der Waals surface area contributed by atoms with Crippen LogP contribution >= 0.6 is 0 Å². The van der Waals surface area contributed by atoms with Crippen molar-refractivity contribution in [3.63, 3.8) is 0 Å². The van der Waals surface area contributed by atoms with Gasteiger partial charge in [0.05, 0.1) is 0 Å². The molecule has 0 spiro atoms. The third-order valence-electron chi connectivity index (χ3n) is 3.49. The molecule has 0 unspecified atom stereocenters. The molecule has 90 valence electrons. The molecule has 1 aliphatic heterocycles. The van der Waals surface area contributed by atoms with Crippen LogP contribution in [0, 0.1) is 0 Å². The van der Waals surface area contributed by atoms with Crippen LogP contribution in [0.2, 0.25) is 0 Å². The van der Waals surface area contributed by atoms with Gasteiger partial charge >= 0.3 is 0 Å². The lowest BCUT2D eigenvalue weighted by Crippen LogP contribution is -2.48. The van der Waals surface area contributed by atoms with Gasteiger partial charge in [0, 0.05) is 44.8 Å². The molecule has 0 aromatic heterocycles. The van der Waals surface area contributed by atoms with Crippen LogP contribution in [-0.2, 0) is 0 Å². The first-order valence-corrected chi connectivity index (χ1v) is 6.02. The van der Waals surface area contributed by atoms with E-state index in [1.807, 2.05) is 0 Å². The Labute approximate surface area is 95.0 Å². The van der Waals surface area contributed by atoms with Gasteiger partial charge in [0.15, 0.2) is 0 Å². The smallest absolute Gasteiger partial charge is 0.0122 e. The molecule has 0 amide bonds. The van der Waals surface area contributed by atoms with Crippen molar-refractivity contribution in [2.75, 3.05) is 53.4 Å². The Morgan fingerprint density at radius 2 is 1.60 bits per heavy atom. The molecule has 1 fully saturated rings. The van der Waals surface area contributed by atoms with Gasteiger partial charge in [0.2, 0.25) is 0 Å². The fourth-order valence-corrected chi connectivity index (χ4v) is 1.70. The number of likely N-dealkylation sites (N-methyl/N-ethyl adjacent to an activating group) is 2. The average Bonchev–Trinajstić information content (AvgIpc) is 2.15. The average molecular weight is 213 g/mol. The Kier molecular flexibility index (Phi) is 4.56. The summed E-state index contributed by atoms with van der Waals surface area (Å²) < 4.78 is 0. The van der Waals surface area contributed by atoms with Crippen molar-refractivity contribution in [1.82, 2.24) is 14.7 Å². The van der Waals surface area contributed by atoms with E-state index in [1.54, 1.807) is 0 Å². The topological polar surface area (TPSA) is 9.72 Å². The molecule has 0 aromatic carbocycles. The minimum atomic E-state index is 0.298. The van der Waals surface area contributed by atoms with Crippen LogP contribution in [-0.4, -0.2) is 73.6 Å². The highest BCUT2D eigenvalue weighted by molar-refractivity contribution is 4.75. The van der Waals surface area contributed by atoms with Gasteiger partial charge in [-0.2, -0.15) is 0 Å². The van der Waals surface area contributed by atoms with Crippen molar-refractivity contribution in [2.24, 2.45) is 0 Å². The summed E-state index contributed by atoms with van der Waals surface area (Å²) in [4.78, 5) is 7.41. The van der Waals surface area contributed by atoms with Crippen LogP contribution < -0.4 is 0 Å². The lowest BCUT2D eigenvalue weighted by atomic mass is 10.1. The molecule has 0 N–H and O–H groups in total. The van der Waals surface area contributed by atoms with Gasteiger partial charge in [-0.15, -0.1) is 0 Å². The normalized spacial score (nSPS) is 21.2. The molecule has 0 saturated carbocycles. The summed E-state index contributed by atoms with van der Waals surface area (Å²) in [6.45, 7) is 14.1. The summed E-state index contributed by atoms with van der Waals surface area (Å²) in [5, 5.41) is 0. The summed E-state index contributed by atoms with van der Waals surface area (Å²) in [6.07, 6.45) is 0. The molecule has 0 atom stereocenters. The van der Waals surface area contributed by atoms with Crippen molar-refractivity contribution < 1.29 is 0 Å². The van der Waals surface area contributed by atoms with Crippen LogP contribution in [0.25, 0.3) is 0 Å². The van der Waals surface area contributed by atoms with Crippen LogP contribution in [0.1, 0.15) is 20.8 Å². The Balaban J connectivity index is 2.20. The Bertz CT molecular complexity index is 178. The number of hydrogen-bond acceptors (Lipinski definition) is 3. The summed E-state index contributed by atoms with van der Waals surface area (Å²) in [7, 11) is 4.43. The number of hydrogen-bond donors (Lipinski definition) is 0. The van der Waals surface area contributed by atoms with E-state index in [9.17, 15) is 0 Å². The van der Waals surface area contributed by atoms with E-state index < -0.39 is 0 Å². The van der Waals surface area contributed by atoms with E-state index in [0.717, 1.165) is 0 Å². The first-order chi connectivity index (χ1) is 6.89. The standard InChI is InChI=1S/C12H27N3/c1-12(2,3)14(5)8-11-15-9-6-13(4)7-10-15/h6-11H2,1-5H3. The quantitative estimate of drug-likeness (QED) is 0.691. The Morgan fingerprint density at radius 1 is 1.07 bits per heavy atom. The molecular formula is C12H27N3. The molecule has 0 aliphatic carbocycles. The zero-order valence-electron chi connectivity index (χ0n) is 11.1. The molecule has 3 nitrogen and oxygen atoms in total. The van der Waals surface area contributed by atoms with Gasteiger partial charge in [0.25, 0.3) is 0 Å². The van der Waals surface area contributed by atoms with Crippen molar-refractivity contribution >= 4 is 0 Å². The van der Waals surface area contributed by atoms with Crippen LogP contribution in [0.15, 0.2) is 0 Å². The number of rotatable bonds is 3. The van der Waals surface area contributed by atoms with E-state index >= 15 is 0 Å². The van der Waals surface area contributed by atoms with E-state index in [1.165, 1.54) is 39.3 Å². The second-order valence-electron chi connectivity index (χ2n) is 5.74. The number of piperazine rings is 1. The zero-order valence-corrected chi connectivity index (χ0v) is 11.1. The molecular weight excluding hydrogens is 186 g/mol. The van der Waals surface area contributed by atoms with Crippen LogP contribution in [0.3, 0.4) is 0 Å². The zero-order chi connectivity index (χ0) is 11.5. The molecule has 15 heavy (non-hydrogen) atoms. The fourth-order valence-electron chi connectivity index (χ4n) is 1.70. The van der Waals surface area contributed by atoms with Gasteiger partial charge in [-0.05, 0) is 34.9 Å². The predicted octanol–water partition coefficient (Wildman–Crippen LogP) is 0.964. The van der Waals surface area contributed by atoms with Gasteiger partial charge in [-0.3, -0.25) is 4.90 Å². The van der Waals surface area contributed by atoms with Gasteiger partial charge in [-0.1, -0.05) is 0 Å². The third-order valence-corrected chi connectivity index (χ3v) is 3.49. The predicted molar refractivity (Wildman–Crippen MR) is 66.3 cm³/mol. The summed E-state index contributed by atoms with van der Waals surface area (Å²) in [5.41, 5.74) is 0.298. The lowest BCUT2D eigenvalue weighted by molar-refractivity contribution is 0.113. The Morgan fingerprint density at radius 3 is 2.07 bits per heavy atom. The fraction of sp³-hybridized carbons (Fsp3) is 1.00. The van der Waals surface area contributed by atoms with Gasteiger partial charge in [-0.25, -0.2) is 0 Å². The SMILES string of the molecule is CN1CCN(CCN(C)C(C)(C)C)CC1. The molecule has 1 heterocycles. The van der Waals surface area contributed by atoms with Crippen LogP contribution in [0.5, 0.6) is 0 Å². The monoisotopic (exact) mass is 213 g/mol. The summed E-state index contributed by atoms with van der Waals surface area (Å²) in [6, 6.07) is 0. The summed E-state index contributed by atoms with van der Waals surface area (Å²) in [5.74, 6) is 0. The van der Waals surface area contributed by atoms with Gasteiger partial charge < -0.3 is 9.80 Å². The number of nitrogens with zero attached hydrogens (tertiary/aromatic N) is 3. The maximum atomic E-state index is 2.57. The van der Waals surface area contributed by atoms with Crippen molar-refractivity contribution in [3.8, 4) is 0 Å². The maximum absolute atomic E-state index is 2.57. The molecule has 1 rings (SSSR count). The minimum Gasteiger partial charge on any atom is -0.304 e.